The molecule has 20 heavy (non-hydrogen) atoms. The fourth-order valence-corrected chi connectivity index (χ4v) is 2.50. The van der Waals surface area contributed by atoms with E-state index in [1.165, 1.54) is 0 Å². The van der Waals surface area contributed by atoms with Crippen molar-refractivity contribution in [3.05, 3.63) is 83.3 Å². The molecule has 1 radical (unpaired) electrons. The van der Waals surface area contributed by atoms with Crippen molar-refractivity contribution in [3.8, 4) is 0 Å². The summed E-state index contributed by atoms with van der Waals surface area (Å²) in [7, 11) is 0. The van der Waals surface area contributed by atoms with Gasteiger partial charge in [-0.1, -0.05) is 41.9 Å². The van der Waals surface area contributed by atoms with E-state index in [9.17, 15) is 4.39 Å². The lowest BCUT2D eigenvalue weighted by Crippen LogP contribution is -2.00. The van der Waals surface area contributed by atoms with Crippen molar-refractivity contribution in [1.82, 2.24) is 4.98 Å². The quantitative estimate of drug-likeness (QED) is 0.747. The van der Waals surface area contributed by atoms with Crippen molar-refractivity contribution >= 4 is 22.7 Å². The lowest BCUT2D eigenvalue weighted by atomic mass is 9.91. The van der Waals surface area contributed by atoms with Crippen LogP contribution in [0.15, 0.2) is 60.6 Å². The smallest absolute Gasteiger partial charge is 0.136 e. The maximum absolute atomic E-state index is 14.8. The van der Waals surface area contributed by atoms with Crippen LogP contribution in [0.1, 0.15) is 17.7 Å². The monoisotopic (exact) mass is 284 g/mol. The first kappa shape index (κ1) is 13.1. The summed E-state index contributed by atoms with van der Waals surface area (Å²) in [6, 6.07) is 12.8. The third-order valence-corrected chi connectivity index (χ3v) is 3.58. The Bertz CT molecular complexity index is 689. The number of pyridine rings is 1. The predicted octanol–water partition coefficient (Wildman–Crippen LogP) is 5.11. The van der Waals surface area contributed by atoms with Crippen LogP contribution in [0.25, 0.3) is 11.1 Å². The SMILES string of the molecule is FC1=C(c2ccccn2)C[CH]C=C1c1ccccc1Cl. The highest BCUT2D eigenvalue weighted by Crippen LogP contribution is 2.39. The highest BCUT2D eigenvalue weighted by Gasteiger charge is 2.20. The Hall–Kier alpha value is -1.93. The Morgan fingerprint density at radius 3 is 2.60 bits per heavy atom. The zero-order valence-corrected chi connectivity index (χ0v) is 11.4. The van der Waals surface area contributed by atoms with Gasteiger partial charge in [0.25, 0.3) is 0 Å². The lowest BCUT2D eigenvalue weighted by molar-refractivity contribution is 0.671. The lowest BCUT2D eigenvalue weighted by Gasteiger charge is -2.17. The van der Waals surface area contributed by atoms with E-state index in [1.54, 1.807) is 18.3 Å². The fourth-order valence-electron chi connectivity index (χ4n) is 2.27. The third-order valence-electron chi connectivity index (χ3n) is 3.25. The molecule has 0 atom stereocenters. The van der Waals surface area contributed by atoms with Crippen LogP contribution < -0.4 is 0 Å². The first-order valence-electron chi connectivity index (χ1n) is 6.36. The molecule has 0 amide bonds. The number of allylic oxidation sites excluding steroid dienone is 4. The normalized spacial score (nSPS) is 15.2. The summed E-state index contributed by atoms with van der Waals surface area (Å²) in [5, 5.41) is 0.546. The number of halogens is 2. The van der Waals surface area contributed by atoms with Gasteiger partial charge >= 0.3 is 0 Å². The Morgan fingerprint density at radius 2 is 1.85 bits per heavy atom. The predicted molar refractivity (Wildman–Crippen MR) is 80.6 cm³/mol. The van der Waals surface area contributed by atoms with Gasteiger partial charge in [-0.05, 0) is 31.0 Å². The van der Waals surface area contributed by atoms with E-state index in [1.807, 2.05) is 42.8 Å². The molecule has 0 bridgehead atoms. The summed E-state index contributed by atoms with van der Waals surface area (Å²) < 4.78 is 14.8. The van der Waals surface area contributed by atoms with Gasteiger partial charge in [0.15, 0.2) is 0 Å². The molecule has 2 aromatic rings. The minimum atomic E-state index is -0.251. The summed E-state index contributed by atoms with van der Waals surface area (Å²) in [5.74, 6) is -0.251. The summed E-state index contributed by atoms with van der Waals surface area (Å²) in [6.07, 6.45) is 5.93. The second-order valence-electron chi connectivity index (χ2n) is 4.51. The van der Waals surface area contributed by atoms with Crippen molar-refractivity contribution in [3.63, 3.8) is 0 Å². The van der Waals surface area contributed by atoms with Crippen molar-refractivity contribution in [2.75, 3.05) is 0 Å². The summed E-state index contributed by atoms with van der Waals surface area (Å²) in [5.41, 5.74) is 2.49. The number of hydrogen-bond acceptors (Lipinski definition) is 1. The minimum Gasteiger partial charge on any atom is -0.256 e. The van der Waals surface area contributed by atoms with Crippen molar-refractivity contribution in [2.45, 2.75) is 6.42 Å². The van der Waals surface area contributed by atoms with E-state index >= 15 is 0 Å². The van der Waals surface area contributed by atoms with Crippen LogP contribution in [0.4, 0.5) is 4.39 Å². The zero-order chi connectivity index (χ0) is 13.9. The Morgan fingerprint density at radius 1 is 1.05 bits per heavy atom. The topological polar surface area (TPSA) is 12.9 Å². The molecule has 1 aliphatic rings. The van der Waals surface area contributed by atoms with Crippen LogP contribution in [0.3, 0.4) is 0 Å². The molecule has 3 heteroatoms. The van der Waals surface area contributed by atoms with Gasteiger partial charge in [0.2, 0.25) is 0 Å². The maximum atomic E-state index is 14.8. The van der Waals surface area contributed by atoms with Crippen LogP contribution >= 0.6 is 11.6 Å². The molecule has 0 N–H and O–H groups in total. The second kappa shape index (κ2) is 5.59. The van der Waals surface area contributed by atoms with E-state index in [2.05, 4.69) is 4.98 Å². The molecule has 1 aromatic carbocycles. The fraction of sp³-hybridized carbons (Fsp3) is 0.0588. The Labute approximate surface area is 122 Å². The van der Waals surface area contributed by atoms with Crippen LogP contribution in [-0.2, 0) is 0 Å². The number of hydrogen-bond donors (Lipinski definition) is 0. The molecule has 0 unspecified atom stereocenters. The number of aromatic nitrogens is 1. The van der Waals surface area contributed by atoms with E-state index < -0.39 is 0 Å². The average Bonchev–Trinajstić information content (AvgIpc) is 2.49. The summed E-state index contributed by atoms with van der Waals surface area (Å²) in [4.78, 5) is 4.23. The number of rotatable bonds is 2. The molecule has 3 rings (SSSR count). The number of benzene rings is 1. The summed E-state index contributed by atoms with van der Waals surface area (Å²) in [6.45, 7) is 0. The van der Waals surface area contributed by atoms with Gasteiger partial charge in [0.05, 0.1) is 5.69 Å². The molecule has 0 aliphatic heterocycles. The molecule has 99 valence electrons. The molecule has 1 aliphatic carbocycles. The van der Waals surface area contributed by atoms with Crippen LogP contribution in [0, 0.1) is 6.42 Å². The highest BCUT2D eigenvalue weighted by atomic mass is 35.5. The Balaban J connectivity index is 2.08. The summed E-state index contributed by atoms with van der Waals surface area (Å²) >= 11 is 6.16. The van der Waals surface area contributed by atoms with Gasteiger partial charge in [-0.2, -0.15) is 0 Å². The Kier molecular flexibility index (Phi) is 3.66. The van der Waals surface area contributed by atoms with Crippen molar-refractivity contribution in [2.24, 2.45) is 0 Å². The zero-order valence-electron chi connectivity index (χ0n) is 10.7. The average molecular weight is 285 g/mol. The molecule has 0 fully saturated rings. The van der Waals surface area contributed by atoms with E-state index in [0.29, 0.717) is 33.8 Å². The maximum Gasteiger partial charge on any atom is 0.136 e. The molecule has 1 nitrogen and oxygen atoms in total. The van der Waals surface area contributed by atoms with Gasteiger partial charge in [-0.15, -0.1) is 0 Å². The first-order valence-corrected chi connectivity index (χ1v) is 6.74. The molecular formula is C17H12ClFN. The minimum absolute atomic E-state index is 0.251. The first-order chi connectivity index (χ1) is 9.77. The van der Waals surface area contributed by atoms with Crippen LogP contribution in [-0.4, -0.2) is 4.98 Å². The highest BCUT2D eigenvalue weighted by molar-refractivity contribution is 6.32. The second-order valence-corrected chi connectivity index (χ2v) is 4.91. The van der Waals surface area contributed by atoms with Gasteiger partial charge in [-0.3, -0.25) is 4.98 Å². The van der Waals surface area contributed by atoms with E-state index in [4.69, 9.17) is 11.6 Å². The van der Waals surface area contributed by atoms with Crippen LogP contribution in [0.2, 0.25) is 5.02 Å². The van der Waals surface area contributed by atoms with Gasteiger partial charge < -0.3 is 0 Å². The van der Waals surface area contributed by atoms with Gasteiger partial charge in [-0.25, -0.2) is 4.39 Å². The number of nitrogens with zero attached hydrogens (tertiary/aromatic N) is 1. The van der Waals surface area contributed by atoms with Gasteiger partial charge in [0.1, 0.15) is 5.83 Å². The van der Waals surface area contributed by atoms with Gasteiger partial charge in [0, 0.05) is 27.9 Å². The van der Waals surface area contributed by atoms with E-state index in [0.717, 1.165) is 0 Å². The van der Waals surface area contributed by atoms with E-state index in [-0.39, 0.29) is 5.83 Å². The molecule has 0 saturated heterocycles. The van der Waals surface area contributed by atoms with Crippen LogP contribution in [0.5, 0.6) is 0 Å². The molecule has 1 aromatic heterocycles. The molecule has 1 heterocycles. The third kappa shape index (κ3) is 2.39. The van der Waals surface area contributed by atoms with Crippen molar-refractivity contribution < 1.29 is 4.39 Å². The molecular weight excluding hydrogens is 273 g/mol. The standard InChI is InChI=1S/C17H12ClFN/c18-15-9-2-1-6-12(15)13-7-5-8-14(17(13)19)16-10-3-4-11-20-16/h1-7,9-11H,8H2. The molecule has 0 spiro atoms. The largest absolute Gasteiger partial charge is 0.256 e. The molecule has 0 saturated carbocycles. The van der Waals surface area contributed by atoms with Crippen molar-refractivity contribution in [1.29, 1.82) is 0 Å².